The fraction of sp³-hybridized carbons (Fsp3) is 0.387. The Bertz CT molecular complexity index is 1910. The van der Waals surface area contributed by atoms with Crippen molar-refractivity contribution in [1.82, 2.24) is 23.8 Å². The first-order chi connectivity index (χ1) is 22.0. The smallest absolute Gasteiger partial charge is 0.243 e. The number of piperidine rings is 1. The third kappa shape index (κ3) is 6.35. The van der Waals surface area contributed by atoms with Gasteiger partial charge in [-0.2, -0.15) is 14.6 Å². The first-order valence-corrected chi connectivity index (χ1v) is 16.9. The molecule has 2 aliphatic rings. The highest BCUT2D eigenvalue weighted by Gasteiger charge is 2.32. The van der Waals surface area contributed by atoms with Crippen LogP contribution in [0.25, 0.3) is 11.2 Å². The Kier molecular flexibility index (Phi) is 8.82. The van der Waals surface area contributed by atoms with Crippen molar-refractivity contribution in [2.75, 3.05) is 23.7 Å². The summed E-state index contributed by atoms with van der Waals surface area (Å²) in [5, 5.41) is 15.5. The van der Waals surface area contributed by atoms with Gasteiger partial charge >= 0.3 is 0 Å². The van der Waals surface area contributed by atoms with Gasteiger partial charge in [0.2, 0.25) is 27.8 Å². The largest absolute Gasteiger partial charge is 0.369 e. The molecule has 0 bridgehead atoms. The number of primary amides is 1. The number of nitrogens with two attached hydrogens (primary N) is 1. The van der Waals surface area contributed by atoms with Crippen molar-refractivity contribution < 1.29 is 17.6 Å². The minimum atomic E-state index is -3.67. The van der Waals surface area contributed by atoms with Gasteiger partial charge < -0.3 is 16.4 Å². The summed E-state index contributed by atoms with van der Waals surface area (Å²) in [6, 6.07) is 10.8. The Morgan fingerprint density at radius 1 is 1.13 bits per heavy atom. The van der Waals surface area contributed by atoms with Gasteiger partial charge in [0.05, 0.1) is 33.4 Å². The van der Waals surface area contributed by atoms with E-state index in [0.717, 1.165) is 18.1 Å². The van der Waals surface area contributed by atoms with Crippen LogP contribution in [-0.2, 0) is 14.8 Å². The number of nitrogens with one attached hydrogen (secondary N) is 2. The van der Waals surface area contributed by atoms with Gasteiger partial charge in [-0.1, -0.05) is 29.3 Å². The van der Waals surface area contributed by atoms with Gasteiger partial charge in [-0.15, -0.1) is 0 Å². The number of aromatic nitrogens is 4. The normalized spacial score (nSPS) is 20.7. The number of amides is 1. The third-order valence-corrected chi connectivity index (χ3v) is 10.9. The summed E-state index contributed by atoms with van der Waals surface area (Å²) in [6.07, 6.45) is 5.32. The Morgan fingerprint density at radius 3 is 2.54 bits per heavy atom. The molecule has 0 radical (unpaired) electrons. The lowest BCUT2D eigenvalue weighted by molar-refractivity contribution is -0.122. The number of nitriles is 1. The molecule has 4 aromatic rings. The van der Waals surface area contributed by atoms with Crippen LogP contribution in [-0.4, -0.2) is 57.3 Å². The molecule has 4 N–H and O–H groups in total. The maximum atomic E-state index is 15.0. The number of benzene rings is 2. The van der Waals surface area contributed by atoms with E-state index < -0.39 is 15.8 Å². The molecule has 2 aromatic carbocycles. The molecule has 2 aromatic heterocycles. The SMILES string of the molecule is Cc1ccc(S(=O)(=O)N2CCCC(Nc3ncc4nc(Nc5c(F)cc(C#N)cc5Cl)n(C5CCC(C(N)=O)CC5)c4n3)C2)cc1. The summed E-state index contributed by atoms with van der Waals surface area (Å²) >= 11 is 6.35. The fourth-order valence-corrected chi connectivity index (χ4v) is 7.98. The minimum Gasteiger partial charge on any atom is -0.369 e. The van der Waals surface area contributed by atoms with Crippen molar-refractivity contribution in [3.05, 3.63) is 64.6 Å². The van der Waals surface area contributed by atoms with Gasteiger partial charge in [0.1, 0.15) is 11.3 Å². The van der Waals surface area contributed by atoms with Gasteiger partial charge in [0.25, 0.3) is 0 Å². The monoisotopic (exact) mass is 665 g/mol. The van der Waals surface area contributed by atoms with Crippen LogP contribution in [0.4, 0.5) is 22.0 Å². The number of hydrogen-bond acceptors (Lipinski definition) is 9. The molecule has 1 aliphatic carbocycles. The van der Waals surface area contributed by atoms with E-state index in [1.54, 1.807) is 30.5 Å². The number of hydrogen-bond donors (Lipinski definition) is 3. The average Bonchev–Trinajstić information content (AvgIpc) is 3.40. The number of anilines is 3. The molecule has 1 saturated carbocycles. The predicted octanol–water partition coefficient (Wildman–Crippen LogP) is 5.02. The van der Waals surface area contributed by atoms with E-state index in [-0.39, 0.29) is 57.6 Å². The molecule has 2 fully saturated rings. The van der Waals surface area contributed by atoms with E-state index in [4.69, 9.17) is 22.3 Å². The second-order valence-electron chi connectivity index (χ2n) is 11.8. The van der Waals surface area contributed by atoms with Crippen LogP contribution < -0.4 is 16.4 Å². The van der Waals surface area contributed by atoms with Crippen molar-refractivity contribution in [1.29, 1.82) is 5.26 Å². The molecule has 0 spiro atoms. The number of fused-ring (bicyclic) bond motifs is 1. The standard InChI is InChI=1S/C31H33ClFN9O3S/c1-18-4-10-23(11-5-18)46(44,45)41-12-2-3-21(17-41)37-30-36-16-26-29(40-30)42(22-8-6-20(7-9-22)28(35)43)31(38-26)39-27-24(32)13-19(15-34)14-25(27)33/h4-5,10-11,13-14,16,20-22H,2-3,6-9,12,17H2,1H3,(H2,35,43)(H,38,39)(H,36,37,40). The van der Waals surface area contributed by atoms with E-state index >= 15 is 4.39 Å². The Hall–Kier alpha value is -4.32. The zero-order valence-corrected chi connectivity index (χ0v) is 26.7. The van der Waals surface area contributed by atoms with Gasteiger partial charge in [-0.3, -0.25) is 9.36 Å². The van der Waals surface area contributed by atoms with Crippen LogP contribution in [0.5, 0.6) is 0 Å². The molecule has 6 rings (SSSR count). The highest BCUT2D eigenvalue weighted by molar-refractivity contribution is 7.89. The lowest BCUT2D eigenvalue weighted by Gasteiger charge is -2.32. The van der Waals surface area contributed by atoms with Crippen molar-refractivity contribution in [3.63, 3.8) is 0 Å². The van der Waals surface area contributed by atoms with E-state index in [1.807, 2.05) is 17.6 Å². The second kappa shape index (κ2) is 12.8. The van der Waals surface area contributed by atoms with Crippen LogP contribution in [0.3, 0.4) is 0 Å². The highest BCUT2D eigenvalue weighted by Crippen LogP contribution is 2.38. The number of aryl methyl sites for hydroxylation is 1. The van der Waals surface area contributed by atoms with Crippen LogP contribution in [0.2, 0.25) is 5.02 Å². The van der Waals surface area contributed by atoms with Crippen molar-refractivity contribution in [2.45, 2.75) is 62.4 Å². The number of carbonyl (C=O) groups excluding carboxylic acids is 1. The number of rotatable bonds is 8. The molecular weight excluding hydrogens is 633 g/mol. The molecule has 240 valence electrons. The van der Waals surface area contributed by atoms with E-state index in [2.05, 4.69) is 20.6 Å². The summed E-state index contributed by atoms with van der Waals surface area (Å²) in [5.74, 6) is -0.699. The van der Waals surface area contributed by atoms with Crippen molar-refractivity contribution >= 4 is 56.3 Å². The van der Waals surface area contributed by atoms with Crippen molar-refractivity contribution in [3.8, 4) is 6.07 Å². The summed E-state index contributed by atoms with van der Waals surface area (Å²) < 4.78 is 45.1. The molecule has 12 nitrogen and oxygen atoms in total. The molecular formula is C31H33ClFN9O3S. The number of imidazole rings is 1. The number of carbonyl (C=O) groups is 1. The van der Waals surface area contributed by atoms with Crippen LogP contribution >= 0.6 is 11.6 Å². The van der Waals surface area contributed by atoms with Gasteiger partial charge in [0, 0.05) is 31.1 Å². The topological polar surface area (TPSA) is 172 Å². The number of sulfonamides is 1. The zero-order chi connectivity index (χ0) is 32.6. The van der Waals surface area contributed by atoms with E-state index in [9.17, 15) is 18.5 Å². The Morgan fingerprint density at radius 2 is 1.87 bits per heavy atom. The predicted molar refractivity (Wildman–Crippen MR) is 172 cm³/mol. The third-order valence-electron chi connectivity index (χ3n) is 8.68. The van der Waals surface area contributed by atoms with Gasteiger partial charge in [-0.05, 0) is 69.7 Å². The molecule has 1 amide bonds. The van der Waals surface area contributed by atoms with E-state index in [1.165, 1.54) is 10.4 Å². The summed E-state index contributed by atoms with van der Waals surface area (Å²) in [6.45, 7) is 2.57. The first kappa shape index (κ1) is 31.7. The number of nitrogens with zero attached hydrogens (tertiary/aromatic N) is 6. The van der Waals surface area contributed by atoms with Crippen molar-refractivity contribution in [2.24, 2.45) is 11.7 Å². The molecule has 1 unspecified atom stereocenters. The first-order valence-electron chi connectivity index (χ1n) is 15.1. The summed E-state index contributed by atoms with van der Waals surface area (Å²) in [7, 11) is -3.67. The highest BCUT2D eigenvalue weighted by atomic mass is 35.5. The lowest BCUT2D eigenvalue weighted by Crippen LogP contribution is -2.45. The van der Waals surface area contributed by atoms with Gasteiger partial charge in [-0.25, -0.2) is 22.8 Å². The zero-order valence-electron chi connectivity index (χ0n) is 25.1. The maximum Gasteiger partial charge on any atom is 0.243 e. The Labute approximate surface area is 270 Å². The summed E-state index contributed by atoms with van der Waals surface area (Å²) in [4.78, 5) is 26.0. The van der Waals surface area contributed by atoms with Crippen LogP contribution in [0, 0.1) is 30.0 Å². The Balaban J connectivity index is 1.30. The maximum absolute atomic E-state index is 15.0. The fourth-order valence-electron chi connectivity index (χ4n) is 6.20. The average molecular weight is 666 g/mol. The quantitative estimate of drug-likeness (QED) is 0.234. The molecule has 1 aliphatic heterocycles. The van der Waals surface area contributed by atoms with Crippen LogP contribution in [0.1, 0.15) is 55.7 Å². The molecule has 46 heavy (non-hydrogen) atoms. The molecule has 15 heteroatoms. The van der Waals surface area contributed by atoms with E-state index in [0.29, 0.717) is 55.8 Å². The van der Waals surface area contributed by atoms with Gasteiger partial charge in [0.15, 0.2) is 5.65 Å². The molecule has 3 heterocycles. The lowest BCUT2D eigenvalue weighted by atomic mass is 9.85. The molecule has 1 saturated heterocycles. The second-order valence-corrected chi connectivity index (χ2v) is 14.2. The summed E-state index contributed by atoms with van der Waals surface area (Å²) in [5.41, 5.74) is 7.53. The molecule has 1 atom stereocenters. The minimum absolute atomic E-state index is 0.0171. The van der Waals surface area contributed by atoms with Crippen LogP contribution in [0.15, 0.2) is 47.5 Å². The number of halogens is 2.